The third kappa shape index (κ3) is 2.89. The van der Waals surface area contributed by atoms with Crippen molar-refractivity contribution in [3.63, 3.8) is 0 Å². The summed E-state index contributed by atoms with van der Waals surface area (Å²) in [5.41, 5.74) is 2.38. The fraction of sp³-hybridized carbons (Fsp3) is 0.294. The molecule has 2 N–H and O–H groups in total. The lowest BCUT2D eigenvalue weighted by molar-refractivity contribution is 0.287. The highest BCUT2D eigenvalue weighted by atomic mass is 79.9. The second-order valence-corrected chi connectivity index (χ2v) is 6.25. The van der Waals surface area contributed by atoms with Crippen molar-refractivity contribution >= 4 is 15.9 Å². The molecule has 0 saturated heterocycles. The number of nitrogens with one attached hydrogen (secondary N) is 1. The first-order chi connectivity index (χ1) is 9.74. The lowest BCUT2D eigenvalue weighted by atomic mass is 9.76. The Bertz CT molecular complexity index is 590. The second kappa shape index (κ2) is 5.98. The van der Waals surface area contributed by atoms with Crippen LogP contribution in [0, 0.1) is 0 Å². The van der Waals surface area contributed by atoms with Gasteiger partial charge in [-0.3, -0.25) is 0 Å². The van der Waals surface area contributed by atoms with Crippen LogP contribution in [0.25, 0.3) is 0 Å². The van der Waals surface area contributed by atoms with Gasteiger partial charge in [0.15, 0.2) is 0 Å². The van der Waals surface area contributed by atoms with Gasteiger partial charge >= 0.3 is 0 Å². The molecule has 0 atom stereocenters. The summed E-state index contributed by atoms with van der Waals surface area (Å²) in [5.74, 6) is 1.02. The standard InChI is InChI=1S/C17H18BrNO/c18-16-7-3-2-6-15(16)13-9-14(10-13)19-11-12-5-1-4-8-17(12)20/h1-8,13-14,19-20H,9-11H2. The highest BCUT2D eigenvalue weighted by Gasteiger charge is 2.30. The molecule has 0 aliphatic heterocycles. The summed E-state index contributed by atoms with van der Waals surface area (Å²) in [6.45, 7) is 0.736. The van der Waals surface area contributed by atoms with E-state index in [2.05, 4.69) is 45.5 Å². The molecular formula is C17H18BrNO. The van der Waals surface area contributed by atoms with E-state index in [1.165, 1.54) is 10.0 Å². The molecule has 1 aliphatic rings. The van der Waals surface area contributed by atoms with E-state index in [-0.39, 0.29) is 0 Å². The smallest absolute Gasteiger partial charge is 0.120 e. The Hall–Kier alpha value is -1.32. The molecule has 2 nitrogen and oxygen atoms in total. The molecule has 1 aliphatic carbocycles. The van der Waals surface area contributed by atoms with Crippen LogP contribution in [0.4, 0.5) is 0 Å². The molecule has 2 aromatic rings. The van der Waals surface area contributed by atoms with Crippen LogP contribution in [0.3, 0.4) is 0 Å². The molecule has 0 heterocycles. The fourth-order valence-corrected chi connectivity index (χ4v) is 3.37. The van der Waals surface area contributed by atoms with E-state index in [0.717, 1.165) is 24.9 Å². The molecule has 3 heteroatoms. The Morgan fingerprint density at radius 3 is 2.50 bits per heavy atom. The Morgan fingerprint density at radius 1 is 1.05 bits per heavy atom. The Morgan fingerprint density at radius 2 is 1.75 bits per heavy atom. The van der Waals surface area contributed by atoms with Gasteiger partial charge in [-0.05, 0) is 36.5 Å². The van der Waals surface area contributed by atoms with E-state index < -0.39 is 0 Å². The Kier molecular flexibility index (Phi) is 4.08. The van der Waals surface area contributed by atoms with E-state index in [1.54, 1.807) is 6.07 Å². The number of hydrogen-bond donors (Lipinski definition) is 2. The SMILES string of the molecule is Oc1ccccc1CNC1CC(c2ccccc2Br)C1. The molecule has 104 valence electrons. The van der Waals surface area contributed by atoms with Crippen molar-refractivity contribution in [2.24, 2.45) is 0 Å². The first-order valence-electron chi connectivity index (χ1n) is 6.98. The van der Waals surface area contributed by atoms with Gasteiger partial charge in [-0.25, -0.2) is 0 Å². The van der Waals surface area contributed by atoms with Crippen LogP contribution in [0.2, 0.25) is 0 Å². The number of hydrogen-bond acceptors (Lipinski definition) is 2. The quantitative estimate of drug-likeness (QED) is 0.880. The summed E-state index contributed by atoms with van der Waals surface area (Å²) in [4.78, 5) is 0. The van der Waals surface area contributed by atoms with Crippen LogP contribution in [0.5, 0.6) is 5.75 Å². The molecular weight excluding hydrogens is 314 g/mol. The van der Waals surface area contributed by atoms with Crippen molar-refractivity contribution in [1.82, 2.24) is 5.32 Å². The lowest BCUT2D eigenvalue weighted by Gasteiger charge is -2.37. The van der Waals surface area contributed by atoms with Crippen molar-refractivity contribution in [3.05, 3.63) is 64.1 Å². The minimum absolute atomic E-state index is 0.377. The van der Waals surface area contributed by atoms with Gasteiger partial charge in [0.2, 0.25) is 0 Å². The molecule has 0 unspecified atom stereocenters. The summed E-state index contributed by atoms with van der Waals surface area (Å²) in [6, 6.07) is 16.5. The predicted octanol–water partition coefficient (Wildman–Crippen LogP) is 4.19. The third-order valence-electron chi connectivity index (χ3n) is 4.06. The minimum Gasteiger partial charge on any atom is -0.508 e. The molecule has 0 amide bonds. The number of halogens is 1. The van der Waals surface area contributed by atoms with Crippen molar-refractivity contribution < 1.29 is 5.11 Å². The van der Waals surface area contributed by atoms with Crippen molar-refractivity contribution in [3.8, 4) is 5.75 Å². The van der Waals surface area contributed by atoms with Gasteiger partial charge in [0.1, 0.15) is 5.75 Å². The maximum atomic E-state index is 9.73. The van der Waals surface area contributed by atoms with E-state index in [4.69, 9.17) is 0 Å². The zero-order chi connectivity index (χ0) is 13.9. The van der Waals surface area contributed by atoms with Crippen molar-refractivity contribution in [2.75, 3.05) is 0 Å². The minimum atomic E-state index is 0.377. The maximum absolute atomic E-state index is 9.73. The molecule has 0 bridgehead atoms. The first kappa shape index (κ1) is 13.7. The molecule has 0 aromatic heterocycles. The topological polar surface area (TPSA) is 32.3 Å². The van der Waals surface area contributed by atoms with Crippen LogP contribution in [-0.4, -0.2) is 11.1 Å². The summed E-state index contributed by atoms with van der Waals surface area (Å²) >= 11 is 3.62. The number of rotatable bonds is 4. The number of phenolic OH excluding ortho intramolecular Hbond substituents is 1. The van der Waals surface area contributed by atoms with Gasteiger partial charge in [-0.2, -0.15) is 0 Å². The highest BCUT2D eigenvalue weighted by Crippen LogP contribution is 2.40. The second-order valence-electron chi connectivity index (χ2n) is 5.40. The molecule has 3 rings (SSSR count). The van der Waals surface area contributed by atoms with Gasteiger partial charge in [0.25, 0.3) is 0 Å². The molecule has 2 aromatic carbocycles. The zero-order valence-electron chi connectivity index (χ0n) is 11.2. The van der Waals surface area contributed by atoms with Gasteiger partial charge < -0.3 is 10.4 Å². The van der Waals surface area contributed by atoms with Crippen LogP contribution < -0.4 is 5.32 Å². The number of phenols is 1. The molecule has 1 fully saturated rings. The van der Waals surface area contributed by atoms with E-state index >= 15 is 0 Å². The molecule has 0 spiro atoms. The summed E-state index contributed by atoms with van der Waals surface area (Å²) < 4.78 is 1.21. The Balaban J connectivity index is 1.52. The number of para-hydroxylation sites is 1. The van der Waals surface area contributed by atoms with Gasteiger partial charge in [-0.15, -0.1) is 0 Å². The van der Waals surface area contributed by atoms with Crippen molar-refractivity contribution in [2.45, 2.75) is 31.3 Å². The van der Waals surface area contributed by atoms with E-state index in [0.29, 0.717) is 17.7 Å². The first-order valence-corrected chi connectivity index (χ1v) is 7.78. The number of benzene rings is 2. The molecule has 1 saturated carbocycles. The lowest BCUT2D eigenvalue weighted by Crippen LogP contribution is -2.39. The maximum Gasteiger partial charge on any atom is 0.120 e. The fourth-order valence-electron chi connectivity index (χ4n) is 2.76. The molecule has 0 radical (unpaired) electrons. The highest BCUT2D eigenvalue weighted by molar-refractivity contribution is 9.10. The van der Waals surface area contributed by atoms with Crippen LogP contribution >= 0.6 is 15.9 Å². The van der Waals surface area contributed by atoms with Crippen LogP contribution in [0.1, 0.15) is 29.9 Å². The zero-order valence-corrected chi connectivity index (χ0v) is 12.8. The number of aromatic hydroxyl groups is 1. The van der Waals surface area contributed by atoms with Gasteiger partial charge in [-0.1, -0.05) is 52.3 Å². The van der Waals surface area contributed by atoms with E-state index in [1.807, 2.05) is 18.2 Å². The van der Waals surface area contributed by atoms with Gasteiger partial charge in [0, 0.05) is 22.6 Å². The van der Waals surface area contributed by atoms with Gasteiger partial charge in [0.05, 0.1) is 0 Å². The average Bonchev–Trinajstić information content (AvgIpc) is 2.41. The summed E-state index contributed by atoms with van der Waals surface area (Å²) in [6.07, 6.45) is 2.33. The predicted molar refractivity (Wildman–Crippen MR) is 84.9 cm³/mol. The average molecular weight is 332 g/mol. The molecule has 20 heavy (non-hydrogen) atoms. The summed E-state index contributed by atoms with van der Waals surface area (Å²) in [7, 11) is 0. The van der Waals surface area contributed by atoms with E-state index in [9.17, 15) is 5.11 Å². The van der Waals surface area contributed by atoms with Crippen LogP contribution in [0.15, 0.2) is 53.0 Å². The van der Waals surface area contributed by atoms with Crippen molar-refractivity contribution in [1.29, 1.82) is 0 Å². The monoisotopic (exact) mass is 331 g/mol. The third-order valence-corrected chi connectivity index (χ3v) is 4.78. The van der Waals surface area contributed by atoms with Crippen LogP contribution in [-0.2, 0) is 6.54 Å². The Labute approximate surface area is 128 Å². The largest absolute Gasteiger partial charge is 0.508 e. The normalized spacial score (nSPS) is 21.4. The summed E-state index contributed by atoms with van der Waals surface area (Å²) in [5, 5.41) is 13.3.